The van der Waals surface area contributed by atoms with Crippen molar-refractivity contribution < 1.29 is 14.4 Å². The molecular formula is C23H33N3O3S. The highest BCUT2D eigenvalue weighted by molar-refractivity contribution is 7.98. The van der Waals surface area contributed by atoms with Crippen LogP contribution in [0.3, 0.4) is 0 Å². The van der Waals surface area contributed by atoms with Crippen LogP contribution >= 0.6 is 11.8 Å². The Morgan fingerprint density at radius 2 is 1.83 bits per heavy atom. The van der Waals surface area contributed by atoms with E-state index in [1.165, 1.54) is 12.8 Å². The lowest BCUT2D eigenvalue weighted by molar-refractivity contribution is -0.131. The minimum atomic E-state index is -0.547. The predicted octanol–water partition coefficient (Wildman–Crippen LogP) is 3.12. The first-order valence-corrected chi connectivity index (χ1v) is 12.4. The smallest absolute Gasteiger partial charge is 0.242 e. The standard InChI is InChI=1S/C23H33N3O3S/c1-30-14-13-20(23(29)24-18-9-5-2-3-6-10-18)25-22(28)17-15-21(27)26(16-17)19-11-7-4-8-12-19/h4,7-8,11-12,17-18,20H,2-3,5-6,9-10,13-16H2,1H3,(H,24,29)(H,25,28)/t17?,20-/m0/s1. The minimum Gasteiger partial charge on any atom is -0.352 e. The fourth-order valence-corrected chi connectivity index (χ4v) is 4.73. The quantitative estimate of drug-likeness (QED) is 0.620. The van der Waals surface area contributed by atoms with Crippen LogP contribution in [0.1, 0.15) is 51.4 Å². The molecule has 1 saturated heterocycles. The van der Waals surface area contributed by atoms with E-state index in [0.29, 0.717) is 13.0 Å². The first kappa shape index (κ1) is 22.7. The Labute approximate surface area is 183 Å². The number of para-hydroxylation sites is 1. The molecule has 1 aliphatic heterocycles. The number of nitrogens with one attached hydrogen (secondary N) is 2. The number of amides is 3. The molecule has 0 bridgehead atoms. The Hall–Kier alpha value is -2.02. The molecule has 1 aromatic carbocycles. The van der Waals surface area contributed by atoms with Crippen LogP contribution in [0.15, 0.2) is 30.3 Å². The van der Waals surface area contributed by atoms with Gasteiger partial charge in [-0.2, -0.15) is 11.8 Å². The van der Waals surface area contributed by atoms with E-state index < -0.39 is 12.0 Å². The van der Waals surface area contributed by atoms with Gasteiger partial charge in [0.25, 0.3) is 0 Å². The summed E-state index contributed by atoms with van der Waals surface area (Å²) in [6.45, 7) is 0.355. The molecule has 2 atom stereocenters. The fraction of sp³-hybridized carbons (Fsp3) is 0.609. The monoisotopic (exact) mass is 431 g/mol. The Morgan fingerprint density at radius 1 is 1.13 bits per heavy atom. The topological polar surface area (TPSA) is 78.5 Å². The van der Waals surface area contributed by atoms with Crippen LogP contribution < -0.4 is 15.5 Å². The summed E-state index contributed by atoms with van der Waals surface area (Å²) in [4.78, 5) is 39.9. The molecule has 2 fully saturated rings. The number of benzene rings is 1. The van der Waals surface area contributed by atoms with Crippen LogP contribution in [0.4, 0.5) is 5.69 Å². The van der Waals surface area contributed by atoms with E-state index in [0.717, 1.165) is 37.1 Å². The maximum atomic E-state index is 12.9. The first-order chi connectivity index (χ1) is 14.6. The van der Waals surface area contributed by atoms with Gasteiger partial charge in [0, 0.05) is 24.7 Å². The van der Waals surface area contributed by atoms with Crippen molar-refractivity contribution >= 4 is 35.2 Å². The summed E-state index contributed by atoms with van der Waals surface area (Å²) >= 11 is 1.66. The second-order valence-electron chi connectivity index (χ2n) is 8.28. The molecule has 2 aliphatic rings. The number of carbonyl (C=O) groups excluding carboxylic acids is 3. The molecule has 164 valence electrons. The highest BCUT2D eigenvalue weighted by Crippen LogP contribution is 2.25. The molecular weight excluding hydrogens is 398 g/mol. The van der Waals surface area contributed by atoms with Crippen molar-refractivity contribution in [2.45, 2.75) is 63.5 Å². The third-order valence-electron chi connectivity index (χ3n) is 6.01. The summed E-state index contributed by atoms with van der Waals surface area (Å²) in [6, 6.07) is 9.07. The second-order valence-corrected chi connectivity index (χ2v) is 9.27. The zero-order chi connectivity index (χ0) is 21.3. The molecule has 1 heterocycles. The average molecular weight is 432 g/mol. The van der Waals surface area contributed by atoms with E-state index in [1.54, 1.807) is 16.7 Å². The number of hydrogen-bond acceptors (Lipinski definition) is 4. The van der Waals surface area contributed by atoms with E-state index in [1.807, 2.05) is 36.6 Å². The van der Waals surface area contributed by atoms with Crippen LogP contribution in [-0.2, 0) is 14.4 Å². The predicted molar refractivity (Wildman–Crippen MR) is 121 cm³/mol. The zero-order valence-corrected chi connectivity index (χ0v) is 18.6. The molecule has 0 aromatic heterocycles. The Bertz CT molecular complexity index is 720. The van der Waals surface area contributed by atoms with E-state index in [-0.39, 0.29) is 30.2 Å². The van der Waals surface area contributed by atoms with Crippen molar-refractivity contribution in [3.05, 3.63) is 30.3 Å². The Morgan fingerprint density at radius 3 is 2.50 bits per heavy atom. The van der Waals surface area contributed by atoms with Crippen molar-refractivity contribution in [3.8, 4) is 0 Å². The first-order valence-electron chi connectivity index (χ1n) is 11.0. The summed E-state index contributed by atoms with van der Waals surface area (Å²) in [5.41, 5.74) is 0.808. The molecule has 2 N–H and O–H groups in total. The van der Waals surface area contributed by atoms with Crippen molar-refractivity contribution in [1.29, 1.82) is 0 Å². The molecule has 7 heteroatoms. The van der Waals surface area contributed by atoms with Crippen LogP contribution in [-0.4, -0.2) is 48.4 Å². The summed E-state index contributed by atoms with van der Waals surface area (Å²) in [5, 5.41) is 6.12. The second kappa shape index (κ2) is 11.4. The van der Waals surface area contributed by atoms with Gasteiger partial charge in [0.1, 0.15) is 6.04 Å². The summed E-state index contributed by atoms with van der Waals surface area (Å²) in [6.07, 6.45) is 9.54. The van der Waals surface area contributed by atoms with Gasteiger partial charge in [0.15, 0.2) is 0 Å². The lowest BCUT2D eigenvalue weighted by Gasteiger charge is -2.24. The van der Waals surface area contributed by atoms with E-state index in [4.69, 9.17) is 0 Å². The molecule has 1 aliphatic carbocycles. The molecule has 0 radical (unpaired) electrons. The van der Waals surface area contributed by atoms with Crippen LogP contribution in [0.5, 0.6) is 0 Å². The fourth-order valence-electron chi connectivity index (χ4n) is 4.26. The lowest BCUT2D eigenvalue weighted by atomic mass is 10.1. The average Bonchev–Trinajstić information content (AvgIpc) is 2.96. The Balaban J connectivity index is 1.59. The van der Waals surface area contributed by atoms with Gasteiger partial charge in [-0.3, -0.25) is 14.4 Å². The van der Waals surface area contributed by atoms with Crippen molar-refractivity contribution in [2.75, 3.05) is 23.5 Å². The SMILES string of the molecule is CSCC[C@H](NC(=O)C1CC(=O)N(c2ccccc2)C1)C(=O)NC1CCCCCC1. The van der Waals surface area contributed by atoms with Crippen molar-refractivity contribution in [1.82, 2.24) is 10.6 Å². The maximum absolute atomic E-state index is 12.9. The van der Waals surface area contributed by atoms with Crippen LogP contribution in [0.2, 0.25) is 0 Å². The molecule has 0 spiro atoms. The molecule has 3 rings (SSSR count). The number of nitrogens with zero attached hydrogens (tertiary/aromatic N) is 1. The minimum absolute atomic E-state index is 0.0510. The van der Waals surface area contributed by atoms with Crippen LogP contribution in [0, 0.1) is 5.92 Å². The summed E-state index contributed by atoms with van der Waals surface area (Å²) in [7, 11) is 0. The van der Waals surface area contributed by atoms with E-state index in [9.17, 15) is 14.4 Å². The van der Waals surface area contributed by atoms with Gasteiger partial charge < -0.3 is 15.5 Å². The van der Waals surface area contributed by atoms with E-state index in [2.05, 4.69) is 10.6 Å². The van der Waals surface area contributed by atoms with Gasteiger partial charge in [-0.25, -0.2) is 0 Å². The molecule has 6 nitrogen and oxygen atoms in total. The third kappa shape index (κ3) is 6.24. The number of thioether (sulfide) groups is 1. The molecule has 3 amide bonds. The van der Waals surface area contributed by atoms with Gasteiger partial charge in [-0.05, 0) is 43.4 Å². The van der Waals surface area contributed by atoms with Gasteiger partial charge in [-0.15, -0.1) is 0 Å². The van der Waals surface area contributed by atoms with Crippen molar-refractivity contribution in [2.24, 2.45) is 5.92 Å². The van der Waals surface area contributed by atoms with Gasteiger partial charge in [-0.1, -0.05) is 43.9 Å². The van der Waals surface area contributed by atoms with Gasteiger partial charge in [0.05, 0.1) is 5.92 Å². The zero-order valence-electron chi connectivity index (χ0n) is 17.8. The van der Waals surface area contributed by atoms with Gasteiger partial charge >= 0.3 is 0 Å². The van der Waals surface area contributed by atoms with E-state index >= 15 is 0 Å². The highest BCUT2D eigenvalue weighted by Gasteiger charge is 2.36. The molecule has 1 saturated carbocycles. The normalized spacial score (nSPS) is 21.2. The molecule has 1 unspecified atom stereocenters. The number of carbonyl (C=O) groups is 3. The largest absolute Gasteiger partial charge is 0.352 e. The number of hydrogen-bond donors (Lipinski definition) is 2. The van der Waals surface area contributed by atoms with Crippen LogP contribution in [0.25, 0.3) is 0 Å². The molecule has 30 heavy (non-hydrogen) atoms. The third-order valence-corrected chi connectivity index (χ3v) is 6.65. The van der Waals surface area contributed by atoms with Crippen molar-refractivity contribution in [3.63, 3.8) is 0 Å². The summed E-state index contributed by atoms with van der Waals surface area (Å²) < 4.78 is 0. The number of rotatable bonds is 8. The number of anilines is 1. The molecule has 1 aromatic rings. The Kier molecular flexibility index (Phi) is 8.61. The van der Waals surface area contributed by atoms with Gasteiger partial charge in [0.2, 0.25) is 17.7 Å². The highest BCUT2D eigenvalue weighted by atomic mass is 32.2. The maximum Gasteiger partial charge on any atom is 0.242 e. The summed E-state index contributed by atoms with van der Waals surface area (Å²) in [5.74, 6) is 0.0190. The lowest BCUT2D eigenvalue weighted by Crippen LogP contribution is -2.51.